The smallest absolute Gasteiger partial charge is 0.357 e. The Labute approximate surface area is 172 Å². The van der Waals surface area contributed by atoms with Crippen molar-refractivity contribution >= 4 is 45.1 Å². The van der Waals surface area contributed by atoms with E-state index in [1.165, 1.54) is 0 Å². The Hall–Kier alpha value is -2.22. The van der Waals surface area contributed by atoms with Crippen LogP contribution in [0.3, 0.4) is 0 Å². The number of H-pyrrole nitrogens is 1. The van der Waals surface area contributed by atoms with Gasteiger partial charge in [0.15, 0.2) is 11.4 Å². The number of hydrogen-bond acceptors (Lipinski definition) is 4. The molecule has 0 unspecified atom stereocenters. The molecule has 6 nitrogen and oxygen atoms in total. The van der Waals surface area contributed by atoms with E-state index in [9.17, 15) is 9.90 Å². The van der Waals surface area contributed by atoms with Crippen LogP contribution in [0.2, 0.25) is 10.0 Å². The Kier molecular flexibility index (Phi) is 4.53. The number of nitrogens with one attached hydrogen (secondary N) is 1. The zero-order chi connectivity index (χ0) is 19.3. The highest BCUT2D eigenvalue weighted by molar-refractivity contribution is 9.10. The van der Waals surface area contributed by atoms with E-state index in [1.54, 1.807) is 19.2 Å². The Morgan fingerprint density at radius 3 is 2.59 bits per heavy atom. The Balaban J connectivity index is 1.94. The summed E-state index contributed by atoms with van der Waals surface area (Å²) in [5, 5.41) is 16.9. The van der Waals surface area contributed by atoms with Crippen molar-refractivity contribution in [1.29, 1.82) is 0 Å². The number of nitrogens with zero attached hydrogens (tertiary/aromatic N) is 1. The lowest BCUT2D eigenvalue weighted by Gasteiger charge is -2.20. The zero-order valence-electron chi connectivity index (χ0n) is 13.8. The molecule has 0 amide bonds. The highest BCUT2D eigenvalue weighted by atomic mass is 79.9. The van der Waals surface area contributed by atoms with Crippen LogP contribution in [0.5, 0.6) is 11.5 Å². The number of aromatic carboxylic acids is 1. The van der Waals surface area contributed by atoms with E-state index in [4.69, 9.17) is 32.7 Å². The monoisotopic (exact) mass is 468 g/mol. The van der Waals surface area contributed by atoms with Gasteiger partial charge in [0.25, 0.3) is 0 Å². The molecular formula is C18H11BrCl2N2O4. The number of rotatable bonds is 3. The lowest BCUT2D eigenvalue weighted by atomic mass is 9.95. The second kappa shape index (κ2) is 6.74. The largest absolute Gasteiger partial charge is 0.496 e. The van der Waals surface area contributed by atoms with Gasteiger partial charge in [-0.05, 0) is 45.8 Å². The molecule has 0 fully saturated rings. The lowest BCUT2D eigenvalue weighted by molar-refractivity contribution is 0.0685. The van der Waals surface area contributed by atoms with Crippen molar-refractivity contribution in [3.05, 3.63) is 50.0 Å². The van der Waals surface area contributed by atoms with Crippen molar-refractivity contribution < 1.29 is 19.4 Å². The maximum Gasteiger partial charge on any atom is 0.357 e. The minimum Gasteiger partial charge on any atom is -0.496 e. The van der Waals surface area contributed by atoms with Crippen LogP contribution in [-0.2, 0) is 6.61 Å². The number of ether oxygens (including phenoxy) is 2. The van der Waals surface area contributed by atoms with Gasteiger partial charge in [-0.1, -0.05) is 23.2 Å². The van der Waals surface area contributed by atoms with Gasteiger partial charge in [0.2, 0.25) is 0 Å². The molecule has 0 saturated carbocycles. The van der Waals surface area contributed by atoms with Gasteiger partial charge in [0.05, 0.1) is 21.6 Å². The predicted octanol–water partition coefficient (Wildman–Crippen LogP) is 5.41. The van der Waals surface area contributed by atoms with E-state index >= 15 is 0 Å². The second-order valence-electron chi connectivity index (χ2n) is 5.83. The molecular weight excluding hydrogens is 459 g/mol. The molecule has 2 aromatic carbocycles. The van der Waals surface area contributed by atoms with Gasteiger partial charge in [-0.2, -0.15) is 5.10 Å². The third-order valence-electron chi connectivity index (χ3n) is 4.28. The van der Waals surface area contributed by atoms with Crippen molar-refractivity contribution in [1.82, 2.24) is 10.2 Å². The topological polar surface area (TPSA) is 84.4 Å². The molecule has 27 heavy (non-hydrogen) atoms. The zero-order valence-corrected chi connectivity index (χ0v) is 16.9. The molecule has 1 aliphatic rings. The summed E-state index contributed by atoms with van der Waals surface area (Å²) in [5.41, 5.74) is 3.46. The van der Waals surface area contributed by atoms with Crippen LogP contribution >= 0.6 is 39.1 Å². The Morgan fingerprint density at radius 2 is 1.96 bits per heavy atom. The third-order valence-corrected chi connectivity index (χ3v) is 6.19. The molecule has 138 valence electrons. The number of hydrogen-bond donors (Lipinski definition) is 2. The average molecular weight is 470 g/mol. The molecule has 1 aliphatic heterocycles. The van der Waals surface area contributed by atoms with E-state index in [0.29, 0.717) is 26.0 Å². The second-order valence-corrected chi connectivity index (χ2v) is 7.44. The Bertz CT molecular complexity index is 1070. The van der Waals surface area contributed by atoms with Crippen LogP contribution in [0.4, 0.5) is 0 Å². The number of benzene rings is 2. The number of carboxylic acids is 1. The lowest BCUT2D eigenvalue weighted by Crippen LogP contribution is -2.08. The number of methoxy groups -OCH3 is 1. The minimum atomic E-state index is -1.13. The summed E-state index contributed by atoms with van der Waals surface area (Å²) in [6.07, 6.45) is 0. The number of aromatic nitrogens is 2. The first-order valence-corrected chi connectivity index (χ1v) is 9.26. The summed E-state index contributed by atoms with van der Waals surface area (Å²) in [7, 11) is 1.57. The molecule has 9 heteroatoms. The number of aromatic amines is 1. The van der Waals surface area contributed by atoms with Gasteiger partial charge < -0.3 is 14.6 Å². The maximum absolute atomic E-state index is 11.3. The number of carboxylic acid groups (broad SMARTS) is 1. The third kappa shape index (κ3) is 2.96. The summed E-state index contributed by atoms with van der Waals surface area (Å²) >= 11 is 15.8. The first-order valence-electron chi connectivity index (χ1n) is 7.71. The van der Waals surface area contributed by atoms with Crippen molar-refractivity contribution in [2.75, 3.05) is 7.11 Å². The summed E-state index contributed by atoms with van der Waals surface area (Å²) in [5.74, 6) is -0.297. The van der Waals surface area contributed by atoms with E-state index in [1.807, 2.05) is 12.1 Å². The van der Waals surface area contributed by atoms with Crippen LogP contribution in [0.1, 0.15) is 16.1 Å². The van der Waals surface area contributed by atoms with E-state index in [0.717, 1.165) is 22.3 Å². The number of halogens is 3. The normalized spacial score (nSPS) is 12.1. The minimum absolute atomic E-state index is 0.0808. The quantitative estimate of drug-likeness (QED) is 0.501. The molecule has 0 saturated heterocycles. The first-order chi connectivity index (χ1) is 12.9. The van der Waals surface area contributed by atoms with Crippen LogP contribution in [0.15, 0.2) is 28.7 Å². The van der Waals surface area contributed by atoms with Crippen molar-refractivity contribution in [2.45, 2.75) is 6.61 Å². The molecule has 0 aliphatic carbocycles. The van der Waals surface area contributed by atoms with Crippen molar-refractivity contribution in [2.24, 2.45) is 0 Å². The fraction of sp³-hybridized carbons (Fsp3) is 0.111. The van der Waals surface area contributed by atoms with Gasteiger partial charge in [0, 0.05) is 16.7 Å². The molecule has 0 radical (unpaired) electrons. The number of fused-ring (bicyclic) bond motifs is 3. The fourth-order valence-corrected chi connectivity index (χ4v) is 3.73. The number of carbonyl (C=O) groups is 1. The summed E-state index contributed by atoms with van der Waals surface area (Å²) < 4.78 is 11.7. The molecule has 0 spiro atoms. The highest BCUT2D eigenvalue weighted by Crippen LogP contribution is 2.45. The van der Waals surface area contributed by atoms with Gasteiger partial charge in [-0.25, -0.2) is 4.79 Å². The molecule has 2 N–H and O–H groups in total. The van der Waals surface area contributed by atoms with Crippen molar-refractivity contribution in [3.63, 3.8) is 0 Å². The molecule has 2 heterocycles. The molecule has 1 aromatic heterocycles. The van der Waals surface area contributed by atoms with Gasteiger partial charge in [-0.15, -0.1) is 0 Å². The molecule has 0 atom stereocenters. The van der Waals surface area contributed by atoms with Gasteiger partial charge in [0.1, 0.15) is 18.1 Å². The van der Waals surface area contributed by atoms with E-state index < -0.39 is 5.97 Å². The van der Waals surface area contributed by atoms with Gasteiger partial charge in [-0.3, -0.25) is 5.10 Å². The van der Waals surface area contributed by atoms with Gasteiger partial charge >= 0.3 is 5.97 Å². The standard InChI is InChI=1S/C18H11BrCl2N2O4/c1-26-13-4-8-6-27-17-15(22-23-16(17)18(24)25)10(8)5-9(13)7-2-11(20)14(19)12(21)3-7/h2-5H,6H2,1H3,(H,22,23)(H,24,25). The summed E-state index contributed by atoms with van der Waals surface area (Å²) in [6, 6.07) is 7.26. The average Bonchev–Trinajstić information content (AvgIpc) is 3.09. The summed E-state index contributed by atoms with van der Waals surface area (Å²) in [4.78, 5) is 11.3. The molecule has 4 rings (SSSR count). The van der Waals surface area contributed by atoms with Crippen molar-refractivity contribution in [3.8, 4) is 33.9 Å². The van der Waals surface area contributed by atoms with Crippen LogP contribution in [0, 0.1) is 0 Å². The van der Waals surface area contributed by atoms with Crippen LogP contribution in [-0.4, -0.2) is 28.4 Å². The van der Waals surface area contributed by atoms with Crippen LogP contribution in [0.25, 0.3) is 22.4 Å². The highest BCUT2D eigenvalue weighted by Gasteiger charge is 2.28. The Morgan fingerprint density at radius 1 is 1.26 bits per heavy atom. The van der Waals surface area contributed by atoms with Crippen LogP contribution < -0.4 is 9.47 Å². The SMILES string of the molecule is COc1cc2c(cc1-c1cc(Cl)c(Br)c(Cl)c1)-c1n[nH]c(C(=O)O)c1OC2. The molecule has 0 bridgehead atoms. The van der Waals surface area contributed by atoms with E-state index in [-0.39, 0.29) is 18.1 Å². The fourth-order valence-electron chi connectivity index (χ4n) is 3.02. The molecule has 3 aromatic rings. The summed E-state index contributed by atoms with van der Waals surface area (Å²) in [6.45, 7) is 0.209. The van der Waals surface area contributed by atoms with E-state index in [2.05, 4.69) is 26.1 Å². The predicted molar refractivity (Wildman–Crippen MR) is 105 cm³/mol. The first kappa shape index (κ1) is 18.2. The maximum atomic E-state index is 11.3.